The summed E-state index contributed by atoms with van der Waals surface area (Å²) < 4.78 is 0. The predicted molar refractivity (Wildman–Crippen MR) is 36.2 cm³/mol. The second kappa shape index (κ2) is 4.94. The Labute approximate surface area is 68.1 Å². The molecule has 0 saturated carbocycles. The smallest absolute Gasteiger partial charge is 0.226 e. The third kappa shape index (κ3) is 2.67. The minimum Gasteiger partial charge on any atom is -0.394 e. The highest BCUT2D eigenvalue weighted by atomic mass is 16.4. The maximum atomic E-state index is 10.4. The lowest BCUT2D eigenvalue weighted by Crippen LogP contribution is -2.44. The number of aliphatic hydroxyl groups excluding tert-OH is 4. The predicted octanol–water partition coefficient (Wildman–Crippen LogP) is -3.17. The van der Waals surface area contributed by atoms with Crippen molar-refractivity contribution >= 4 is 12.1 Å². The minimum absolute atomic E-state index is 0.169. The van der Waals surface area contributed by atoms with Gasteiger partial charge in [0, 0.05) is 0 Å². The first-order valence-corrected chi connectivity index (χ1v) is 3.18. The van der Waals surface area contributed by atoms with Gasteiger partial charge in [-0.1, -0.05) is 0 Å². The summed E-state index contributed by atoms with van der Waals surface area (Å²) in [6.07, 6.45) is -5.63. The van der Waals surface area contributed by atoms with Gasteiger partial charge in [0.1, 0.15) is 18.3 Å². The van der Waals surface area contributed by atoms with E-state index in [4.69, 9.17) is 20.4 Å². The van der Waals surface area contributed by atoms with Crippen molar-refractivity contribution < 1.29 is 30.0 Å². The molecule has 70 valence electrons. The molecular weight excluding hydrogens is 168 g/mol. The fourth-order valence-corrected chi connectivity index (χ4v) is 0.556. The van der Waals surface area contributed by atoms with Crippen molar-refractivity contribution in [1.82, 2.24) is 0 Å². The molecule has 0 saturated heterocycles. The van der Waals surface area contributed by atoms with E-state index >= 15 is 0 Å². The number of hydrogen-bond donors (Lipinski definition) is 4. The standard InChI is InChI=1S/C6H10O6/c7-1-3(9)5(11)6(12)4(10)2-8/h1,4-6,8,10-12H,2H2/t4-,5+,6+/m1/s1. The summed E-state index contributed by atoms with van der Waals surface area (Å²) in [5.74, 6) is -1.24. The number of carbonyl (C=O) groups is 2. The lowest BCUT2D eigenvalue weighted by Gasteiger charge is -2.18. The Bertz CT molecular complexity index is 167. The van der Waals surface area contributed by atoms with Crippen molar-refractivity contribution in [3.63, 3.8) is 0 Å². The highest BCUT2D eigenvalue weighted by Crippen LogP contribution is 1.99. The molecule has 0 unspecified atom stereocenters. The first-order chi connectivity index (χ1) is 5.54. The minimum atomic E-state index is -1.98. The lowest BCUT2D eigenvalue weighted by atomic mass is 10.1. The molecular formula is C6H10O6. The van der Waals surface area contributed by atoms with Crippen LogP contribution in [0.3, 0.4) is 0 Å². The third-order valence-corrected chi connectivity index (χ3v) is 1.31. The van der Waals surface area contributed by atoms with E-state index in [1.807, 2.05) is 0 Å². The van der Waals surface area contributed by atoms with Crippen LogP contribution in [0.25, 0.3) is 0 Å². The molecule has 0 radical (unpaired) electrons. The Balaban J connectivity index is 4.17. The van der Waals surface area contributed by atoms with Crippen molar-refractivity contribution in [2.45, 2.75) is 18.3 Å². The van der Waals surface area contributed by atoms with Crippen LogP contribution >= 0.6 is 0 Å². The first kappa shape index (κ1) is 11.2. The zero-order chi connectivity index (χ0) is 9.72. The molecule has 0 spiro atoms. The molecule has 0 heterocycles. The number of carbonyl (C=O) groups excluding carboxylic acids is 2. The summed E-state index contributed by atoms with van der Waals surface area (Å²) in [6, 6.07) is 0. The molecule has 0 aliphatic rings. The van der Waals surface area contributed by atoms with Crippen LogP contribution in [0.2, 0.25) is 0 Å². The van der Waals surface area contributed by atoms with Crippen LogP contribution in [-0.4, -0.2) is 57.4 Å². The van der Waals surface area contributed by atoms with E-state index in [0.29, 0.717) is 0 Å². The van der Waals surface area contributed by atoms with E-state index in [-0.39, 0.29) is 6.29 Å². The molecule has 0 aliphatic heterocycles. The van der Waals surface area contributed by atoms with Gasteiger partial charge in [0.15, 0.2) is 6.29 Å². The van der Waals surface area contributed by atoms with Gasteiger partial charge < -0.3 is 20.4 Å². The fourth-order valence-electron chi connectivity index (χ4n) is 0.556. The second-order valence-electron chi connectivity index (χ2n) is 2.21. The molecule has 0 aromatic heterocycles. The van der Waals surface area contributed by atoms with Crippen LogP contribution in [0, 0.1) is 0 Å². The molecule has 0 aromatic rings. The number of aldehydes is 1. The SMILES string of the molecule is O=CC(=O)[C@H](O)[C@@H](O)[C@H](O)CO. The van der Waals surface area contributed by atoms with E-state index in [2.05, 4.69) is 0 Å². The van der Waals surface area contributed by atoms with Gasteiger partial charge in [-0.3, -0.25) is 9.59 Å². The Kier molecular flexibility index (Phi) is 4.60. The number of hydrogen-bond acceptors (Lipinski definition) is 6. The molecule has 0 bridgehead atoms. The van der Waals surface area contributed by atoms with E-state index in [0.717, 1.165) is 0 Å². The van der Waals surface area contributed by atoms with Gasteiger partial charge in [-0.15, -0.1) is 0 Å². The van der Waals surface area contributed by atoms with Crippen molar-refractivity contribution in [2.24, 2.45) is 0 Å². The topological polar surface area (TPSA) is 115 Å². The Morgan fingerprint density at radius 1 is 1.33 bits per heavy atom. The van der Waals surface area contributed by atoms with Gasteiger partial charge in [0.25, 0.3) is 0 Å². The molecule has 0 aromatic carbocycles. The van der Waals surface area contributed by atoms with Gasteiger partial charge >= 0.3 is 0 Å². The zero-order valence-electron chi connectivity index (χ0n) is 6.12. The summed E-state index contributed by atoms with van der Waals surface area (Å²) in [6.45, 7) is -0.801. The highest BCUT2D eigenvalue weighted by Gasteiger charge is 2.29. The summed E-state index contributed by atoms with van der Waals surface area (Å²) in [4.78, 5) is 20.2. The van der Waals surface area contributed by atoms with Crippen LogP contribution in [0.15, 0.2) is 0 Å². The average molecular weight is 178 g/mol. The van der Waals surface area contributed by atoms with Gasteiger partial charge in [-0.25, -0.2) is 0 Å². The van der Waals surface area contributed by atoms with E-state index in [1.165, 1.54) is 0 Å². The van der Waals surface area contributed by atoms with Gasteiger partial charge in [0.2, 0.25) is 5.78 Å². The van der Waals surface area contributed by atoms with Crippen LogP contribution in [-0.2, 0) is 9.59 Å². The lowest BCUT2D eigenvalue weighted by molar-refractivity contribution is -0.145. The molecule has 4 N–H and O–H groups in total. The summed E-state index contributed by atoms with van der Waals surface area (Å²) in [5, 5.41) is 34.6. The number of Topliss-reactive ketones (excluding diaryl/α,β-unsaturated/α-hetero) is 1. The second-order valence-corrected chi connectivity index (χ2v) is 2.21. The third-order valence-electron chi connectivity index (χ3n) is 1.31. The van der Waals surface area contributed by atoms with Crippen LogP contribution < -0.4 is 0 Å². The maximum absolute atomic E-state index is 10.4. The van der Waals surface area contributed by atoms with Crippen molar-refractivity contribution in [1.29, 1.82) is 0 Å². The molecule has 3 atom stereocenters. The molecule has 0 rings (SSSR count). The molecule has 6 nitrogen and oxygen atoms in total. The number of ketones is 1. The summed E-state index contributed by atoms with van der Waals surface area (Å²) in [5.41, 5.74) is 0. The maximum Gasteiger partial charge on any atom is 0.226 e. The normalized spacial score (nSPS) is 18.0. The highest BCUT2D eigenvalue weighted by molar-refractivity contribution is 6.27. The van der Waals surface area contributed by atoms with Gasteiger partial charge in [-0.05, 0) is 0 Å². The van der Waals surface area contributed by atoms with E-state index in [1.54, 1.807) is 0 Å². The Hall–Kier alpha value is -0.820. The summed E-state index contributed by atoms with van der Waals surface area (Å²) in [7, 11) is 0. The van der Waals surface area contributed by atoms with Crippen molar-refractivity contribution in [3.8, 4) is 0 Å². The Morgan fingerprint density at radius 2 is 1.83 bits per heavy atom. The van der Waals surface area contributed by atoms with Crippen molar-refractivity contribution in [3.05, 3.63) is 0 Å². The number of rotatable bonds is 5. The zero-order valence-corrected chi connectivity index (χ0v) is 6.12. The molecule has 0 aliphatic carbocycles. The summed E-state index contributed by atoms with van der Waals surface area (Å²) >= 11 is 0. The van der Waals surface area contributed by atoms with Crippen LogP contribution in [0.1, 0.15) is 0 Å². The van der Waals surface area contributed by atoms with Crippen LogP contribution in [0.4, 0.5) is 0 Å². The monoisotopic (exact) mass is 178 g/mol. The van der Waals surface area contributed by atoms with E-state index < -0.39 is 30.7 Å². The largest absolute Gasteiger partial charge is 0.394 e. The average Bonchev–Trinajstić information content (AvgIpc) is 2.12. The molecule has 6 heteroatoms. The molecule has 0 fully saturated rings. The van der Waals surface area contributed by atoms with Crippen LogP contribution in [0.5, 0.6) is 0 Å². The molecule has 0 amide bonds. The van der Waals surface area contributed by atoms with Gasteiger partial charge in [-0.2, -0.15) is 0 Å². The Morgan fingerprint density at radius 3 is 2.17 bits per heavy atom. The molecule has 12 heavy (non-hydrogen) atoms. The van der Waals surface area contributed by atoms with Gasteiger partial charge in [0.05, 0.1) is 6.61 Å². The fraction of sp³-hybridized carbons (Fsp3) is 0.667. The van der Waals surface area contributed by atoms with Crippen molar-refractivity contribution in [2.75, 3.05) is 6.61 Å². The van der Waals surface area contributed by atoms with E-state index in [9.17, 15) is 9.59 Å². The number of aliphatic hydroxyl groups is 4. The quantitative estimate of drug-likeness (QED) is 0.261. The first-order valence-electron chi connectivity index (χ1n) is 3.18.